The van der Waals surface area contributed by atoms with Gasteiger partial charge in [-0.2, -0.15) is 0 Å². The van der Waals surface area contributed by atoms with Crippen LogP contribution in [0.2, 0.25) is 0 Å². The van der Waals surface area contributed by atoms with Gasteiger partial charge in [-0.3, -0.25) is 4.79 Å². The average Bonchev–Trinajstić information content (AvgIpc) is 3.02. The van der Waals surface area contributed by atoms with E-state index in [1.54, 1.807) is 0 Å². The molecule has 0 bridgehead atoms. The minimum Gasteiger partial charge on any atom is -0.353 e. The zero-order valence-electron chi connectivity index (χ0n) is 14.5. The van der Waals surface area contributed by atoms with Crippen molar-refractivity contribution in [3.8, 4) is 0 Å². The molecule has 2 aromatic rings. The lowest BCUT2D eigenvalue weighted by atomic mass is 9.94. The largest absolute Gasteiger partial charge is 0.353 e. The lowest BCUT2D eigenvalue weighted by molar-refractivity contribution is -0.121. The number of nitrogens with one attached hydrogen (secondary N) is 1. The number of carbonyl (C=O) groups is 1. The number of amides is 1. The highest BCUT2D eigenvalue weighted by molar-refractivity contribution is 5.80. The molecule has 0 unspecified atom stereocenters. The van der Waals surface area contributed by atoms with E-state index in [1.165, 1.54) is 49.1 Å². The third kappa shape index (κ3) is 4.15. The number of rotatable bonds is 6. The maximum Gasteiger partial charge on any atom is 0.240 e. The molecule has 0 aliphatic heterocycles. The van der Waals surface area contributed by atoms with Gasteiger partial charge in [-0.1, -0.05) is 19.3 Å². The molecular formula is C18H24F2N4O. The molecule has 0 radical (unpaired) electrons. The smallest absolute Gasteiger partial charge is 0.240 e. The first-order valence-electron chi connectivity index (χ1n) is 8.82. The van der Waals surface area contributed by atoms with Gasteiger partial charge in [-0.25, -0.2) is 13.8 Å². The summed E-state index contributed by atoms with van der Waals surface area (Å²) >= 11 is 0. The summed E-state index contributed by atoms with van der Waals surface area (Å²) in [5.41, 5.74) is 0.359. The molecule has 1 heterocycles. The van der Waals surface area contributed by atoms with Crippen LogP contribution in [0.3, 0.4) is 0 Å². The van der Waals surface area contributed by atoms with E-state index in [9.17, 15) is 13.6 Å². The second-order valence-electron chi connectivity index (χ2n) is 6.72. The predicted molar refractivity (Wildman–Crippen MR) is 92.2 cm³/mol. The molecule has 1 aliphatic rings. The second kappa shape index (κ2) is 7.91. The quantitative estimate of drug-likeness (QED) is 0.871. The molecule has 3 rings (SSSR count). The molecule has 136 valence electrons. The molecule has 25 heavy (non-hydrogen) atoms. The number of likely N-dealkylation sites (N-methyl/N-ethyl adjacent to an activating group) is 1. The number of fused-ring (bicyclic) bond motifs is 1. The molecule has 1 N–H and O–H groups in total. The van der Waals surface area contributed by atoms with Crippen LogP contribution in [-0.2, 0) is 11.3 Å². The van der Waals surface area contributed by atoms with E-state index in [0.29, 0.717) is 18.1 Å². The number of aromatic nitrogens is 2. The van der Waals surface area contributed by atoms with E-state index >= 15 is 0 Å². The Labute approximate surface area is 146 Å². The van der Waals surface area contributed by atoms with Gasteiger partial charge in [-0.05, 0) is 32.0 Å². The van der Waals surface area contributed by atoms with E-state index in [4.69, 9.17) is 0 Å². The Kier molecular flexibility index (Phi) is 5.63. The van der Waals surface area contributed by atoms with Crippen LogP contribution in [0.1, 0.15) is 32.1 Å². The molecule has 0 atom stereocenters. The van der Waals surface area contributed by atoms with Crippen LogP contribution >= 0.6 is 0 Å². The molecule has 1 amide bonds. The molecule has 1 aromatic heterocycles. The van der Waals surface area contributed by atoms with Gasteiger partial charge in [-0.15, -0.1) is 0 Å². The number of hydrogen-bond donors (Lipinski definition) is 1. The Hall–Kier alpha value is -2.02. The zero-order chi connectivity index (χ0) is 17.8. The van der Waals surface area contributed by atoms with Gasteiger partial charge in [0.05, 0.1) is 11.8 Å². The van der Waals surface area contributed by atoms with Gasteiger partial charge in [0.1, 0.15) is 12.1 Å². The fraction of sp³-hybridized carbons (Fsp3) is 0.556. The molecule has 0 saturated heterocycles. The molecule has 1 saturated carbocycles. The van der Waals surface area contributed by atoms with Gasteiger partial charge in [0.25, 0.3) is 0 Å². The summed E-state index contributed by atoms with van der Waals surface area (Å²) in [4.78, 5) is 18.3. The number of imidazole rings is 1. The van der Waals surface area contributed by atoms with Gasteiger partial charge in [0.2, 0.25) is 5.91 Å². The summed E-state index contributed by atoms with van der Waals surface area (Å²) in [5, 5.41) is 2.88. The second-order valence-corrected chi connectivity index (χ2v) is 6.72. The van der Waals surface area contributed by atoms with Crippen molar-refractivity contribution >= 4 is 16.9 Å². The van der Waals surface area contributed by atoms with Crippen molar-refractivity contribution in [2.75, 3.05) is 20.1 Å². The van der Waals surface area contributed by atoms with Crippen molar-refractivity contribution in [1.82, 2.24) is 19.8 Å². The van der Waals surface area contributed by atoms with Crippen molar-refractivity contribution in [3.05, 3.63) is 30.1 Å². The number of nitrogens with zero attached hydrogens (tertiary/aromatic N) is 3. The van der Waals surface area contributed by atoms with Crippen LogP contribution in [0.15, 0.2) is 18.5 Å². The number of halogens is 2. The van der Waals surface area contributed by atoms with Crippen LogP contribution in [0.4, 0.5) is 8.78 Å². The summed E-state index contributed by atoms with van der Waals surface area (Å²) in [6.45, 7) is 1.41. The van der Waals surface area contributed by atoms with Gasteiger partial charge in [0.15, 0.2) is 11.6 Å². The minimum atomic E-state index is -0.981. The first kappa shape index (κ1) is 17.8. The third-order valence-corrected chi connectivity index (χ3v) is 4.98. The van der Waals surface area contributed by atoms with Crippen LogP contribution < -0.4 is 5.32 Å². The highest BCUT2D eigenvalue weighted by Gasteiger charge is 2.18. The fourth-order valence-corrected chi connectivity index (χ4v) is 3.49. The summed E-state index contributed by atoms with van der Waals surface area (Å²) < 4.78 is 28.4. The average molecular weight is 350 g/mol. The van der Waals surface area contributed by atoms with Crippen LogP contribution in [0, 0.1) is 11.6 Å². The summed E-state index contributed by atoms with van der Waals surface area (Å²) in [7, 11) is 2.10. The molecule has 1 aromatic carbocycles. The first-order chi connectivity index (χ1) is 12.1. The van der Waals surface area contributed by atoms with Gasteiger partial charge >= 0.3 is 0 Å². The molecule has 1 fully saturated rings. The number of hydrogen-bond acceptors (Lipinski definition) is 3. The molecular weight excluding hydrogens is 326 g/mol. The summed E-state index contributed by atoms with van der Waals surface area (Å²) in [6.07, 6.45) is 7.71. The Balaban J connectivity index is 1.50. The molecule has 0 spiro atoms. The SMILES string of the molecule is CN(CCNC(=O)Cn1cnc2c(F)c(F)ccc21)C1CCCCC1. The number of carbonyl (C=O) groups excluding carboxylic acids is 1. The summed E-state index contributed by atoms with van der Waals surface area (Å²) in [6, 6.07) is 3.10. The molecule has 1 aliphatic carbocycles. The Morgan fingerprint density at radius 3 is 2.84 bits per heavy atom. The third-order valence-electron chi connectivity index (χ3n) is 4.98. The molecule has 7 heteroatoms. The maximum atomic E-state index is 13.7. The highest BCUT2D eigenvalue weighted by Crippen LogP contribution is 2.21. The van der Waals surface area contributed by atoms with Crippen molar-refractivity contribution in [1.29, 1.82) is 0 Å². The van der Waals surface area contributed by atoms with Crippen molar-refractivity contribution in [2.24, 2.45) is 0 Å². The van der Waals surface area contributed by atoms with Crippen LogP contribution in [0.25, 0.3) is 11.0 Å². The Morgan fingerprint density at radius 2 is 2.08 bits per heavy atom. The zero-order valence-corrected chi connectivity index (χ0v) is 14.5. The Bertz CT molecular complexity index is 740. The van der Waals surface area contributed by atoms with Crippen LogP contribution in [-0.4, -0.2) is 46.5 Å². The van der Waals surface area contributed by atoms with Gasteiger partial charge < -0.3 is 14.8 Å². The van der Waals surface area contributed by atoms with Crippen molar-refractivity contribution in [3.63, 3.8) is 0 Å². The number of benzene rings is 1. The lowest BCUT2D eigenvalue weighted by Crippen LogP contribution is -2.40. The fourth-order valence-electron chi connectivity index (χ4n) is 3.49. The maximum absolute atomic E-state index is 13.7. The van der Waals surface area contributed by atoms with E-state index in [1.807, 2.05) is 0 Å². The first-order valence-corrected chi connectivity index (χ1v) is 8.82. The van der Waals surface area contributed by atoms with Crippen molar-refractivity contribution < 1.29 is 13.6 Å². The standard InChI is InChI=1S/C18H24F2N4O/c1-23(13-5-3-2-4-6-13)10-9-21-16(25)11-24-12-22-18-15(24)8-7-14(19)17(18)20/h7-8,12-13H,2-6,9-11H2,1H3,(H,21,25). The van der Waals surface area contributed by atoms with Crippen LogP contribution in [0.5, 0.6) is 0 Å². The highest BCUT2D eigenvalue weighted by atomic mass is 19.2. The Morgan fingerprint density at radius 1 is 1.32 bits per heavy atom. The lowest BCUT2D eigenvalue weighted by Gasteiger charge is -2.31. The molecule has 5 nitrogen and oxygen atoms in total. The van der Waals surface area contributed by atoms with E-state index in [0.717, 1.165) is 12.6 Å². The topological polar surface area (TPSA) is 50.2 Å². The van der Waals surface area contributed by atoms with E-state index in [2.05, 4.69) is 22.2 Å². The van der Waals surface area contributed by atoms with E-state index in [-0.39, 0.29) is 18.0 Å². The normalized spacial score (nSPS) is 15.8. The monoisotopic (exact) mass is 350 g/mol. The summed E-state index contributed by atoms with van der Waals surface area (Å²) in [5.74, 6) is -2.08. The predicted octanol–water partition coefficient (Wildman–Crippen LogP) is 2.70. The van der Waals surface area contributed by atoms with E-state index < -0.39 is 11.6 Å². The minimum absolute atomic E-state index is 0.0364. The van der Waals surface area contributed by atoms with Gasteiger partial charge in [0, 0.05) is 19.1 Å². The van der Waals surface area contributed by atoms with Crippen molar-refractivity contribution in [2.45, 2.75) is 44.7 Å².